The fourth-order valence-corrected chi connectivity index (χ4v) is 17.0. The molecule has 0 radical (unpaired) electrons. The molecule has 0 N–H and O–H groups in total. The van der Waals surface area contributed by atoms with Crippen LogP contribution in [0.25, 0.3) is 133 Å². The quantitative estimate of drug-likeness (QED) is 0.128. The molecule has 6 heteroatoms. The van der Waals surface area contributed by atoms with Crippen LogP contribution < -0.4 is 9.80 Å². The molecule has 0 saturated heterocycles. The molecular weight excluding hydrogens is 1150 g/mol. The Labute approximate surface area is 532 Å². The van der Waals surface area contributed by atoms with Gasteiger partial charge in [0.15, 0.2) is 0 Å². The molecular formula is C84H53N3S3. The fraction of sp³-hybridized carbons (Fsp3) is 0. The van der Waals surface area contributed by atoms with Crippen LogP contribution in [0.4, 0.5) is 34.1 Å². The Morgan fingerprint density at radius 2 is 0.600 bits per heavy atom. The van der Waals surface area contributed by atoms with Crippen LogP contribution in [0.15, 0.2) is 322 Å². The largest absolute Gasteiger partial charge is 0.310 e. The third kappa shape index (κ3) is 8.98. The highest BCUT2D eigenvalue weighted by Crippen LogP contribution is 2.47. The van der Waals surface area contributed by atoms with Crippen LogP contribution in [0, 0.1) is 0 Å². The molecule has 0 spiro atoms. The van der Waals surface area contributed by atoms with Crippen molar-refractivity contribution in [1.29, 1.82) is 0 Å². The summed E-state index contributed by atoms with van der Waals surface area (Å²) in [6, 6.07) is 119. The van der Waals surface area contributed by atoms with E-state index in [0.717, 1.165) is 50.9 Å². The first-order valence-electron chi connectivity index (χ1n) is 30.5. The third-order valence-electron chi connectivity index (χ3n) is 17.9. The number of anilines is 6. The molecule has 14 aromatic carbocycles. The van der Waals surface area contributed by atoms with Gasteiger partial charge in [-0.3, -0.25) is 0 Å². The molecule has 0 atom stereocenters. The number of thiophene rings is 3. The van der Waals surface area contributed by atoms with E-state index in [0.29, 0.717) is 0 Å². The van der Waals surface area contributed by atoms with Gasteiger partial charge in [0.05, 0.1) is 11.0 Å². The molecule has 0 unspecified atom stereocenters. The van der Waals surface area contributed by atoms with Gasteiger partial charge in [-0.1, -0.05) is 182 Å². The molecule has 0 aliphatic carbocycles. The van der Waals surface area contributed by atoms with Gasteiger partial charge < -0.3 is 14.4 Å². The van der Waals surface area contributed by atoms with E-state index >= 15 is 0 Å². The average Bonchev–Trinajstić information content (AvgIpc) is 1.88. The zero-order chi connectivity index (χ0) is 59.2. The Hall–Kier alpha value is -10.9. The predicted molar refractivity (Wildman–Crippen MR) is 391 cm³/mol. The highest BCUT2D eigenvalue weighted by molar-refractivity contribution is 7.26. The van der Waals surface area contributed by atoms with E-state index in [4.69, 9.17) is 0 Å². The summed E-state index contributed by atoms with van der Waals surface area (Å²) in [5.41, 5.74) is 19.4. The topological polar surface area (TPSA) is 11.4 Å². The number of aromatic nitrogens is 1. The van der Waals surface area contributed by atoms with Crippen LogP contribution in [-0.2, 0) is 0 Å². The second-order valence-electron chi connectivity index (χ2n) is 23.2. The highest BCUT2D eigenvalue weighted by Gasteiger charge is 2.22. The van der Waals surface area contributed by atoms with E-state index in [2.05, 4.69) is 336 Å². The predicted octanol–water partition coefficient (Wildman–Crippen LogP) is 25.5. The van der Waals surface area contributed by atoms with Gasteiger partial charge in [0.25, 0.3) is 0 Å². The maximum Gasteiger partial charge on any atom is 0.0547 e. The zero-order valence-corrected chi connectivity index (χ0v) is 51.1. The van der Waals surface area contributed by atoms with E-state index < -0.39 is 0 Å². The van der Waals surface area contributed by atoms with E-state index in [1.54, 1.807) is 0 Å². The number of nitrogens with zero attached hydrogens (tertiary/aromatic N) is 3. The minimum atomic E-state index is 1.05. The van der Waals surface area contributed by atoms with Crippen molar-refractivity contribution in [2.45, 2.75) is 0 Å². The Morgan fingerprint density at radius 1 is 0.189 bits per heavy atom. The number of hydrogen-bond donors (Lipinski definition) is 0. The van der Waals surface area contributed by atoms with Crippen molar-refractivity contribution in [2.24, 2.45) is 0 Å². The van der Waals surface area contributed by atoms with Crippen molar-refractivity contribution >= 4 is 150 Å². The van der Waals surface area contributed by atoms with Crippen LogP contribution in [0.3, 0.4) is 0 Å². The smallest absolute Gasteiger partial charge is 0.0547 e. The summed E-state index contributed by atoms with van der Waals surface area (Å²) in [6.45, 7) is 0. The van der Waals surface area contributed by atoms with Gasteiger partial charge in [-0.2, -0.15) is 0 Å². The van der Waals surface area contributed by atoms with Gasteiger partial charge >= 0.3 is 0 Å². The lowest BCUT2D eigenvalue weighted by molar-refractivity contribution is 1.18. The van der Waals surface area contributed by atoms with Gasteiger partial charge in [0.2, 0.25) is 0 Å². The Kier molecular flexibility index (Phi) is 12.5. The zero-order valence-electron chi connectivity index (χ0n) is 48.7. The molecule has 0 saturated carbocycles. The van der Waals surface area contributed by atoms with Crippen LogP contribution in [0.1, 0.15) is 0 Å². The highest BCUT2D eigenvalue weighted by atomic mass is 32.1. The molecule has 4 heterocycles. The molecule has 0 fully saturated rings. The third-order valence-corrected chi connectivity index (χ3v) is 21.3. The molecule has 0 aliphatic rings. The molecule has 18 aromatic rings. The number of rotatable bonds is 11. The maximum atomic E-state index is 2.44. The summed E-state index contributed by atoms with van der Waals surface area (Å²) in [7, 11) is 0. The molecule has 18 rings (SSSR count). The van der Waals surface area contributed by atoms with Crippen LogP contribution in [-0.4, -0.2) is 4.57 Å². The summed E-state index contributed by atoms with van der Waals surface area (Å²) >= 11 is 5.59. The number of fused-ring (bicyclic) bond motifs is 12. The second-order valence-corrected chi connectivity index (χ2v) is 26.5. The number of benzene rings is 14. The maximum absolute atomic E-state index is 2.44. The fourth-order valence-electron chi connectivity index (χ4n) is 13.7. The minimum Gasteiger partial charge on any atom is -0.310 e. The lowest BCUT2D eigenvalue weighted by atomic mass is 9.95. The second kappa shape index (κ2) is 21.5. The summed E-state index contributed by atoms with van der Waals surface area (Å²) in [5, 5.41) is 10.2. The van der Waals surface area contributed by atoms with E-state index in [1.807, 2.05) is 34.0 Å². The molecule has 90 heavy (non-hydrogen) atoms. The minimum absolute atomic E-state index is 1.05. The summed E-state index contributed by atoms with van der Waals surface area (Å²) in [4.78, 5) is 4.86. The summed E-state index contributed by atoms with van der Waals surface area (Å²) < 4.78 is 10.1. The van der Waals surface area contributed by atoms with Crippen LogP contribution >= 0.6 is 34.0 Å². The van der Waals surface area contributed by atoms with Crippen molar-refractivity contribution in [1.82, 2.24) is 4.57 Å². The molecule has 422 valence electrons. The lowest BCUT2D eigenvalue weighted by Crippen LogP contribution is -2.13. The van der Waals surface area contributed by atoms with Crippen LogP contribution in [0.5, 0.6) is 0 Å². The van der Waals surface area contributed by atoms with Crippen LogP contribution in [0.2, 0.25) is 0 Å². The Balaban J connectivity index is 0.783. The van der Waals surface area contributed by atoms with Gasteiger partial charge in [0, 0.05) is 111 Å². The van der Waals surface area contributed by atoms with Crippen molar-refractivity contribution in [2.75, 3.05) is 9.80 Å². The van der Waals surface area contributed by atoms with Gasteiger partial charge in [-0.15, -0.1) is 34.0 Å². The van der Waals surface area contributed by atoms with E-state index in [-0.39, 0.29) is 0 Å². The van der Waals surface area contributed by atoms with Crippen molar-refractivity contribution in [3.63, 3.8) is 0 Å². The average molecular weight is 1200 g/mol. The standard InChI is InChI=1S/C84H53N3S3/c1-4-17-54(18-5-1)55-31-37-64(38-32-55)85(67-39-42-73-71-26-11-14-29-79(71)89-84(73)53-67)65-23-16-24-66(52-65)86(62-19-6-2-7-20-62)68-46-60(57-36-44-81-75(49-57)72-27-12-15-30-80(72)88-81)45-61(47-68)59-34-41-74-76-48-56(35-43-82(76)90-83(74)51-59)58-33-40-70-69-25-10-13-28-77(69)87(78(70)50-58)63-21-8-3-9-22-63/h1-53H. The Morgan fingerprint density at radius 3 is 1.30 bits per heavy atom. The normalized spacial score (nSPS) is 11.8. The van der Waals surface area contributed by atoms with Crippen molar-refractivity contribution in [3.8, 4) is 50.2 Å². The van der Waals surface area contributed by atoms with E-state index in [1.165, 1.54) is 116 Å². The van der Waals surface area contributed by atoms with Gasteiger partial charge in [0.1, 0.15) is 0 Å². The first kappa shape index (κ1) is 52.3. The molecule has 0 aliphatic heterocycles. The van der Waals surface area contributed by atoms with Gasteiger partial charge in [-0.25, -0.2) is 0 Å². The Bertz CT molecular complexity index is 5800. The number of para-hydroxylation sites is 3. The van der Waals surface area contributed by atoms with Crippen molar-refractivity contribution in [3.05, 3.63) is 322 Å². The summed E-state index contributed by atoms with van der Waals surface area (Å²) in [5.74, 6) is 0. The first-order valence-corrected chi connectivity index (χ1v) is 33.0. The SMILES string of the molecule is c1ccc(-c2ccc(N(c3cccc(N(c4ccccc4)c4cc(-c5ccc6c(c5)sc5ccc(-c7ccc8c9ccccc9n(-c9ccccc9)c8c7)cc56)cc(-c5ccc6sc7ccccc7c6c5)c4)c3)c3ccc4c(c3)sc3ccccc34)cc2)cc1. The molecule has 0 bridgehead atoms. The molecule has 4 aromatic heterocycles. The number of hydrogen-bond acceptors (Lipinski definition) is 5. The van der Waals surface area contributed by atoms with Crippen molar-refractivity contribution < 1.29 is 0 Å². The first-order chi connectivity index (χ1) is 44.6. The molecule has 0 amide bonds. The summed E-state index contributed by atoms with van der Waals surface area (Å²) in [6.07, 6.45) is 0. The van der Waals surface area contributed by atoms with E-state index in [9.17, 15) is 0 Å². The van der Waals surface area contributed by atoms with Gasteiger partial charge in [-0.05, 0) is 184 Å². The molecule has 3 nitrogen and oxygen atoms in total. The monoisotopic (exact) mass is 1200 g/mol. The lowest BCUT2D eigenvalue weighted by Gasteiger charge is -2.30.